The molecule has 0 saturated heterocycles. The minimum atomic E-state index is 0.689. The molecule has 69 heavy (non-hydrogen) atoms. The van der Waals surface area contributed by atoms with E-state index < -0.39 is 0 Å². The molecule has 0 aliphatic heterocycles. The second-order valence-corrected chi connectivity index (χ2v) is 18.8. The predicted octanol–water partition coefficient (Wildman–Crippen LogP) is 17.6. The fourth-order valence-corrected chi connectivity index (χ4v) is 11.4. The Kier molecular flexibility index (Phi) is 8.10. The van der Waals surface area contributed by atoms with Crippen LogP contribution >= 0.6 is 11.3 Å². The third-order valence-electron chi connectivity index (χ3n) is 13.7. The molecule has 0 aliphatic carbocycles. The first kappa shape index (κ1) is 38.0. The molecule has 5 aromatic heterocycles. The summed E-state index contributed by atoms with van der Waals surface area (Å²) in [5.74, 6) is 0.689. The maximum absolute atomic E-state index is 6.45. The Labute approximate surface area is 397 Å². The monoisotopic (exact) mass is 901 g/mol. The molecule has 10 aromatic carbocycles. The van der Waals surface area contributed by atoms with Crippen LogP contribution in [0.1, 0.15) is 0 Å². The van der Waals surface area contributed by atoms with Crippen LogP contribution in [0.2, 0.25) is 0 Å². The lowest BCUT2D eigenvalue weighted by Crippen LogP contribution is -2.12. The first-order valence-electron chi connectivity index (χ1n) is 23.0. The highest BCUT2D eigenvalue weighted by atomic mass is 32.1. The minimum absolute atomic E-state index is 0.689. The fraction of sp³-hybridized carbons (Fsp3) is 0. The highest BCUT2D eigenvalue weighted by Crippen LogP contribution is 2.44. The Morgan fingerprint density at radius 3 is 1.36 bits per heavy atom. The van der Waals surface area contributed by atoms with E-state index in [0.29, 0.717) is 5.82 Å². The van der Waals surface area contributed by atoms with E-state index in [4.69, 9.17) is 24.0 Å². The number of benzene rings is 10. The zero-order chi connectivity index (χ0) is 45.2. The molecule has 0 amide bonds. The van der Waals surface area contributed by atoms with Crippen molar-refractivity contribution in [2.75, 3.05) is 9.80 Å². The molecule has 0 fully saturated rings. The molecule has 8 heteroatoms. The van der Waals surface area contributed by atoms with Crippen molar-refractivity contribution in [3.8, 4) is 0 Å². The summed E-state index contributed by atoms with van der Waals surface area (Å²) in [5.41, 5.74) is 9.70. The number of furan rings is 2. The molecule has 0 saturated carbocycles. The number of anilines is 6. The highest BCUT2D eigenvalue weighted by Gasteiger charge is 2.22. The molecule has 0 aliphatic rings. The van der Waals surface area contributed by atoms with Gasteiger partial charge in [-0.05, 0) is 134 Å². The maximum atomic E-state index is 6.45. The SMILES string of the molecule is c1ccc2cc3cc(N(c4ccc5c(c4)oc4ccccc45)c4cnc5c(c4)sc4cc(N(c6ccc7cc8ccccc8cc7c6)c6ccc7c(c6)oc6ccccc67)nnc45)ccc3cc2c1. The van der Waals surface area contributed by atoms with Gasteiger partial charge in [-0.2, -0.15) is 0 Å². The second-order valence-electron chi connectivity index (χ2n) is 17.7. The fourth-order valence-electron chi connectivity index (χ4n) is 10.3. The van der Waals surface area contributed by atoms with Gasteiger partial charge < -0.3 is 13.7 Å². The number of nitrogens with zero attached hydrogens (tertiary/aromatic N) is 5. The van der Waals surface area contributed by atoms with Gasteiger partial charge in [-0.3, -0.25) is 9.88 Å². The lowest BCUT2D eigenvalue weighted by atomic mass is 10.0. The summed E-state index contributed by atoms with van der Waals surface area (Å²) < 4.78 is 14.9. The lowest BCUT2D eigenvalue weighted by Gasteiger charge is -2.25. The van der Waals surface area contributed by atoms with E-state index in [0.717, 1.165) is 104 Å². The van der Waals surface area contributed by atoms with Crippen molar-refractivity contribution < 1.29 is 8.83 Å². The van der Waals surface area contributed by atoms with Crippen molar-refractivity contribution in [3.63, 3.8) is 0 Å². The van der Waals surface area contributed by atoms with Crippen LogP contribution in [0.3, 0.4) is 0 Å². The van der Waals surface area contributed by atoms with Gasteiger partial charge in [0.05, 0.1) is 27.0 Å². The summed E-state index contributed by atoms with van der Waals surface area (Å²) in [4.78, 5) is 9.61. The lowest BCUT2D eigenvalue weighted by molar-refractivity contribution is 0.668. The first-order chi connectivity index (χ1) is 34.1. The Morgan fingerprint density at radius 1 is 0.319 bits per heavy atom. The third-order valence-corrected chi connectivity index (χ3v) is 14.7. The van der Waals surface area contributed by atoms with Crippen molar-refractivity contribution in [1.29, 1.82) is 0 Å². The van der Waals surface area contributed by atoms with Crippen LogP contribution in [0.15, 0.2) is 221 Å². The Balaban J connectivity index is 0.887. The van der Waals surface area contributed by atoms with Gasteiger partial charge in [-0.1, -0.05) is 97.1 Å². The zero-order valence-corrected chi connectivity index (χ0v) is 37.5. The second kappa shape index (κ2) is 14.7. The van der Waals surface area contributed by atoms with Crippen LogP contribution in [0.4, 0.5) is 34.3 Å². The minimum Gasteiger partial charge on any atom is -0.456 e. The number of pyridine rings is 1. The maximum Gasteiger partial charge on any atom is 0.161 e. The molecule has 0 bridgehead atoms. The van der Waals surface area contributed by atoms with Crippen LogP contribution < -0.4 is 9.80 Å². The van der Waals surface area contributed by atoms with Gasteiger partial charge in [-0.15, -0.1) is 21.5 Å². The largest absolute Gasteiger partial charge is 0.456 e. The van der Waals surface area contributed by atoms with Crippen LogP contribution in [0.25, 0.3) is 107 Å². The van der Waals surface area contributed by atoms with Crippen molar-refractivity contribution in [2.24, 2.45) is 0 Å². The van der Waals surface area contributed by atoms with Crippen LogP contribution in [0.5, 0.6) is 0 Å². The van der Waals surface area contributed by atoms with Crippen LogP contribution in [-0.2, 0) is 0 Å². The molecule has 15 rings (SSSR count). The Bertz CT molecular complexity index is 4320. The number of para-hydroxylation sites is 2. The number of fused-ring (bicyclic) bond motifs is 13. The summed E-state index contributed by atoms with van der Waals surface area (Å²) in [6, 6.07) is 73.0. The van der Waals surface area contributed by atoms with E-state index in [9.17, 15) is 0 Å². The molecule has 0 spiro atoms. The number of hydrogen-bond donors (Lipinski definition) is 0. The molecular formula is C61H35N5O2S. The smallest absolute Gasteiger partial charge is 0.161 e. The molecule has 0 unspecified atom stereocenters. The quantitative estimate of drug-likeness (QED) is 0.154. The summed E-state index contributed by atoms with van der Waals surface area (Å²) in [7, 11) is 0. The normalized spacial score (nSPS) is 12.1. The third kappa shape index (κ3) is 6.09. The van der Waals surface area contributed by atoms with E-state index in [1.165, 1.54) is 32.3 Å². The molecule has 0 N–H and O–H groups in total. The molecule has 5 heterocycles. The van der Waals surface area contributed by atoms with E-state index in [2.05, 4.69) is 186 Å². The average molecular weight is 902 g/mol. The van der Waals surface area contributed by atoms with Gasteiger partial charge in [-0.25, -0.2) is 0 Å². The Morgan fingerprint density at radius 2 is 0.768 bits per heavy atom. The van der Waals surface area contributed by atoms with Gasteiger partial charge in [0.15, 0.2) is 5.82 Å². The van der Waals surface area contributed by atoms with E-state index in [-0.39, 0.29) is 0 Å². The van der Waals surface area contributed by atoms with Crippen molar-refractivity contribution >= 4 is 153 Å². The highest BCUT2D eigenvalue weighted by molar-refractivity contribution is 7.25. The van der Waals surface area contributed by atoms with E-state index >= 15 is 0 Å². The Hall–Kier alpha value is -9.11. The summed E-state index contributed by atoms with van der Waals surface area (Å²) in [6.07, 6.45) is 1.95. The number of rotatable bonds is 6. The molecule has 322 valence electrons. The molecule has 7 nitrogen and oxygen atoms in total. The molecular weight excluding hydrogens is 867 g/mol. The summed E-state index contributed by atoms with van der Waals surface area (Å²) in [6.45, 7) is 0. The standard InChI is InChI=1S/C61H35N5O2S/c1-3-11-38-27-42-29-44(19-17-40(42)25-36(38)9-1)65(46-21-23-51-49-13-5-7-15-53(49)67-55(51)31-46)48-33-57-60(62-35-48)61-58(69-57)34-59(63-64-61)66(47-22-24-52-50-14-6-8-16-54(50)68-56(52)32-47)45-20-18-41-26-37-10-2-4-12-39(37)28-43(41)30-45/h1-35H. The molecule has 15 aromatic rings. The molecule has 0 atom stereocenters. The van der Waals surface area contributed by atoms with E-state index in [1.54, 1.807) is 11.3 Å². The van der Waals surface area contributed by atoms with Gasteiger partial charge >= 0.3 is 0 Å². The van der Waals surface area contributed by atoms with Crippen molar-refractivity contribution in [3.05, 3.63) is 212 Å². The van der Waals surface area contributed by atoms with E-state index in [1.807, 2.05) is 36.5 Å². The number of hydrogen-bond acceptors (Lipinski definition) is 8. The van der Waals surface area contributed by atoms with Crippen LogP contribution in [-0.4, -0.2) is 15.2 Å². The van der Waals surface area contributed by atoms with Crippen molar-refractivity contribution in [2.45, 2.75) is 0 Å². The zero-order valence-electron chi connectivity index (χ0n) is 36.7. The van der Waals surface area contributed by atoms with Gasteiger partial charge in [0, 0.05) is 56.8 Å². The average Bonchev–Trinajstić information content (AvgIpc) is 4.08. The van der Waals surface area contributed by atoms with Crippen LogP contribution in [0, 0.1) is 0 Å². The topological polar surface area (TPSA) is 71.4 Å². The van der Waals surface area contributed by atoms with Gasteiger partial charge in [0.25, 0.3) is 0 Å². The van der Waals surface area contributed by atoms with Gasteiger partial charge in [0.2, 0.25) is 0 Å². The summed E-state index contributed by atoms with van der Waals surface area (Å²) >= 11 is 1.67. The van der Waals surface area contributed by atoms with Crippen molar-refractivity contribution in [1.82, 2.24) is 15.2 Å². The number of aromatic nitrogens is 3. The predicted molar refractivity (Wildman–Crippen MR) is 287 cm³/mol. The van der Waals surface area contributed by atoms with Gasteiger partial charge in [0.1, 0.15) is 33.4 Å². The first-order valence-corrected chi connectivity index (χ1v) is 23.8. The summed E-state index contributed by atoms with van der Waals surface area (Å²) in [5, 5.41) is 23.7. The molecule has 0 radical (unpaired) electrons. The number of thiophene rings is 1.